The van der Waals surface area contributed by atoms with Crippen LogP contribution in [0.2, 0.25) is 10.0 Å². The van der Waals surface area contributed by atoms with E-state index in [1.807, 2.05) is 68.6 Å². The maximum absolute atomic E-state index is 14.1. The summed E-state index contributed by atoms with van der Waals surface area (Å²) in [7, 11) is 0. The topological polar surface area (TPSA) is 106 Å². The van der Waals surface area contributed by atoms with Crippen LogP contribution in [0, 0.1) is 5.41 Å². The molecule has 0 radical (unpaired) electrons. The maximum atomic E-state index is 14.1. The van der Waals surface area contributed by atoms with Gasteiger partial charge in [0.1, 0.15) is 24.1 Å². The van der Waals surface area contributed by atoms with Crippen molar-refractivity contribution in [1.82, 2.24) is 28.9 Å². The molecular weight excluding hydrogens is 615 g/mol. The number of ketones is 1. The highest BCUT2D eigenvalue weighted by Gasteiger charge is 2.46. The van der Waals surface area contributed by atoms with Gasteiger partial charge in [-0.1, -0.05) is 90.8 Å². The normalized spacial score (nSPS) is 17.0. The van der Waals surface area contributed by atoms with Gasteiger partial charge in [-0.25, -0.2) is 28.2 Å². The fourth-order valence-corrected chi connectivity index (χ4v) is 6.52. The average Bonchev–Trinajstić information content (AvgIpc) is 3.67. The summed E-state index contributed by atoms with van der Waals surface area (Å²) < 4.78 is 11.8. The van der Waals surface area contributed by atoms with E-state index in [0.717, 1.165) is 10.1 Å². The molecule has 0 bridgehead atoms. The lowest BCUT2D eigenvalue weighted by atomic mass is 9.74. The SMILES string of the molecule is CC1(C)CC(=O)C2=C(C1)n1c(=O)n(-c3ccc(Cl)c(Cl)c3)c(=O)n1C2c1ccccc1OCc1cn(Cc2ccccc2)nn1. The molecule has 12 heteroatoms. The Kier molecular flexibility index (Phi) is 7.13. The number of allylic oxidation sites excluding steroid dienone is 2. The van der Waals surface area contributed by atoms with Gasteiger partial charge in [0, 0.05) is 17.6 Å². The minimum Gasteiger partial charge on any atom is -0.487 e. The number of aromatic nitrogens is 6. The second-order valence-corrected chi connectivity index (χ2v) is 12.9. The van der Waals surface area contributed by atoms with Crippen molar-refractivity contribution in [2.45, 2.75) is 45.9 Å². The van der Waals surface area contributed by atoms with E-state index in [4.69, 9.17) is 27.9 Å². The fourth-order valence-electron chi connectivity index (χ4n) is 6.23. The molecule has 1 unspecified atom stereocenters. The summed E-state index contributed by atoms with van der Waals surface area (Å²) in [6, 6.07) is 20.9. The molecule has 7 rings (SSSR count). The van der Waals surface area contributed by atoms with E-state index in [0.29, 0.717) is 46.3 Å². The molecule has 2 aromatic heterocycles. The third-order valence-electron chi connectivity index (χ3n) is 8.17. The largest absolute Gasteiger partial charge is 0.487 e. The Labute approximate surface area is 267 Å². The maximum Gasteiger partial charge on any atom is 0.356 e. The predicted molar refractivity (Wildman–Crippen MR) is 170 cm³/mol. The van der Waals surface area contributed by atoms with Crippen LogP contribution >= 0.6 is 23.2 Å². The van der Waals surface area contributed by atoms with Gasteiger partial charge in [0.2, 0.25) is 0 Å². The van der Waals surface area contributed by atoms with Gasteiger partial charge in [0.05, 0.1) is 34.2 Å². The summed E-state index contributed by atoms with van der Waals surface area (Å²) in [5.41, 5.74) is 1.90. The molecule has 0 spiro atoms. The number of fused-ring (bicyclic) bond motifs is 2. The smallest absolute Gasteiger partial charge is 0.356 e. The molecule has 1 aliphatic heterocycles. The van der Waals surface area contributed by atoms with Crippen LogP contribution in [0.3, 0.4) is 0 Å². The highest BCUT2D eigenvalue weighted by Crippen LogP contribution is 2.48. The Balaban J connectivity index is 1.29. The zero-order valence-electron chi connectivity index (χ0n) is 24.5. The molecule has 0 N–H and O–H groups in total. The lowest BCUT2D eigenvalue weighted by Crippen LogP contribution is -2.33. The van der Waals surface area contributed by atoms with Gasteiger partial charge in [-0.3, -0.25) is 4.79 Å². The average molecular weight is 644 g/mol. The Morgan fingerprint density at radius 3 is 2.44 bits per heavy atom. The monoisotopic (exact) mass is 642 g/mol. The molecule has 228 valence electrons. The molecule has 1 atom stereocenters. The summed E-state index contributed by atoms with van der Waals surface area (Å²) in [4.78, 5) is 41.9. The van der Waals surface area contributed by atoms with Gasteiger partial charge in [-0.05, 0) is 41.7 Å². The first-order valence-corrected chi connectivity index (χ1v) is 15.2. The third-order valence-corrected chi connectivity index (χ3v) is 8.91. The predicted octanol–water partition coefficient (Wildman–Crippen LogP) is 5.53. The number of Topliss-reactive ketones (excluding diaryl/α,β-unsaturated/α-hetero) is 1. The van der Waals surface area contributed by atoms with Gasteiger partial charge < -0.3 is 4.74 Å². The number of halogens is 2. The van der Waals surface area contributed by atoms with Gasteiger partial charge in [0.25, 0.3) is 0 Å². The van der Waals surface area contributed by atoms with Crippen molar-refractivity contribution in [2.24, 2.45) is 5.41 Å². The number of carbonyl (C=O) groups is 1. The van der Waals surface area contributed by atoms with Crippen molar-refractivity contribution < 1.29 is 9.53 Å². The van der Waals surface area contributed by atoms with E-state index >= 15 is 0 Å². The summed E-state index contributed by atoms with van der Waals surface area (Å²) in [5.74, 6) is 0.348. The molecular formula is C33H28Cl2N6O4. The van der Waals surface area contributed by atoms with Crippen molar-refractivity contribution in [2.75, 3.05) is 0 Å². The third kappa shape index (κ3) is 5.13. The first-order chi connectivity index (χ1) is 21.6. The van der Waals surface area contributed by atoms with Crippen LogP contribution in [-0.4, -0.2) is 34.7 Å². The van der Waals surface area contributed by atoms with Crippen LogP contribution in [0.15, 0.2) is 94.2 Å². The molecule has 0 saturated carbocycles. The lowest BCUT2D eigenvalue weighted by Gasteiger charge is -2.30. The molecule has 1 aliphatic carbocycles. The first kappa shape index (κ1) is 29.1. The Bertz CT molecular complexity index is 2120. The summed E-state index contributed by atoms with van der Waals surface area (Å²) in [6.45, 7) is 4.64. The number of carbonyl (C=O) groups excluding carboxylic acids is 1. The van der Waals surface area contributed by atoms with Crippen molar-refractivity contribution in [3.05, 3.63) is 132 Å². The van der Waals surface area contributed by atoms with E-state index in [1.54, 1.807) is 16.8 Å². The van der Waals surface area contributed by atoms with Gasteiger partial charge in [0.15, 0.2) is 5.78 Å². The first-order valence-electron chi connectivity index (χ1n) is 14.4. The van der Waals surface area contributed by atoms with E-state index < -0.39 is 22.8 Å². The zero-order chi connectivity index (χ0) is 31.5. The quantitative estimate of drug-likeness (QED) is 0.231. The molecule has 5 aromatic rings. The van der Waals surface area contributed by atoms with Crippen LogP contribution in [0.5, 0.6) is 5.75 Å². The number of rotatable bonds is 7. The van der Waals surface area contributed by atoms with Crippen molar-refractivity contribution in [3.8, 4) is 11.4 Å². The minimum atomic E-state index is -0.877. The number of benzene rings is 3. The number of ether oxygens (including phenoxy) is 1. The van der Waals surface area contributed by atoms with Crippen molar-refractivity contribution in [1.29, 1.82) is 0 Å². The van der Waals surface area contributed by atoms with Crippen LogP contribution in [0.1, 0.15) is 49.6 Å². The molecule has 2 aliphatic rings. The second kappa shape index (κ2) is 11.0. The minimum absolute atomic E-state index is 0.109. The number of hydrogen-bond donors (Lipinski definition) is 0. The van der Waals surface area contributed by atoms with Crippen molar-refractivity contribution >= 4 is 34.7 Å². The van der Waals surface area contributed by atoms with Crippen LogP contribution in [0.4, 0.5) is 0 Å². The Morgan fingerprint density at radius 2 is 1.67 bits per heavy atom. The molecule has 10 nitrogen and oxygen atoms in total. The standard InChI is InChI=1S/C33H28Cl2N6O4/c1-33(2)15-26-29(27(42)16-33)30(41-32(44)39(31(43)40(26)41)22-12-13-24(34)25(35)14-22)23-10-6-7-11-28(23)45-19-21-18-38(37-36-21)17-20-8-4-3-5-9-20/h3-14,18,30H,15-17,19H2,1-2H3. The van der Waals surface area contributed by atoms with E-state index in [2.05, 4.69) is 10.3 Å². The lowest BCUT2D eigenvalue weighted by molar-refractivity contribution is -0.118. The highest BCUT2D eigenvalue weighted by atomic mass is 35.5. The second-order valence-electron chi connectivity index (χ2n) is 12.1. The Morgan fingerprint density at radius 1 is 0.911 bits per heavy atom. The Hall–Kier alpha value is -4.67. The molecule has 3 heterocycles. The molecule has 0 amide bonds. The summed E-state index contributed by atoms with van der Waals surface area (Å²) in [6.07, 6.45) is 2.54. The molecule has 0 fully saturated rings. The van der Waals surface area contributed by atoms with Gasteiger partial charge >= 0.3 is 11.4 Å². The van der Waals surface area contributed by atoms with Crippen LogP contribution in [0.25, 0.3) is 11.4 Å². The number of para-hydroxylation sites is 1. The van der Waals surface area contributed by atoms with E-state index in [9.17, 15) is 14.4 Å². The molecule has 3 aromatic carbocycles. The molecule has 0 saturated heterocycles. The van der Waals surface area contributed by atoms with Crippen LogP contribution in [-0.2, 0) is 17.9 Å². The van der Waals surface area contributed by atoms with Gasteiger partial charge in [-0.15, -0.1) is 5.10 Å². The summed E-state index contributed by atoms with van der Waals surface area (Å²) in [5, 5.41) is 9.00. The fraction of sp³-hybridized carbons (Fsp3) is 0.242. The highest BCUT2D eigenvalue weighted by molar-refractivity contribution is 6.42. The molecule has 45 heavy (non-hydrogen) atoms. The number of hydrogen-bond acceptors (Lipinski definition) is 6. The number of nitrogens with zero attached hydrogens (tertiary/aromatic N) is 6. The summed E-state index contributed by atoms with van der Waals surface area (Å²) >= 11 is 12.4. The van der Waals surface area contributed by atoms with E-state index in [-0.39, 0.29) is 29.5 Å². The van der Waals surface area contributed by atoms with Gasteiger partial charge in [-0.2, -0.15) is 0 Å². The van der Waals surface area contributed by atoms with Crippen molar-refractivity contribution in [3.63, 3.8) is 0 Å². The zero-order valence-corrected chi connectivity index (χ0v) is 26.0. The van der Waals surface area contributed by atoms with Crippen LogP contribution < -0.4 is 16.1 Å². The van der Waals surface area contributed by atoms with E-state index in [1.165, 1.54) is 21.5 Å².